The van der Waals surface area contributed by atoms with E-state index in [-0.39, 0.29) is 17.7 Å². The number of nitrogens with two attached hydrogens (primary N) is 1. The Hall–Kier alpha value is -3.05. The minimum Gasteiger partial charge on any atom is -0.496 e. The number of anilines is 1. The Morgan fingerprint density at radius 3 is 2.76 bits per heavy atom. The molecule has 1 unspecified atom stereocenters. The second-order valence-electron chi connectivity index (χ2n) is 7.95. The van der Waals surface area contributed by atoms with E-state index >= 15 is 0 Å². The molecule has 0 saturated carbocycles. The van der Waals surface area contributed by atoms with Gasteiger partial charge in [-0.2, -0.15) is 0 Å². The first-order valence-corrected chi connectivity index (χ1v) is 12.3. The molecule has 3 rings (SSSR count). The third-order valence-corrected chi connectivity index (χ3v) is 6.19. The van der Waals surface area contributed by atoms with E-state index in [1.165, 1.54) is 18.9 Å². The zero-order valence-electron chi connectivity index (χ0n) is 19.3. The van der Waals surface area contributed by atoms with Crippen LogP contribution in [0, 0.1) is 0 Å². The van der Waals surface area contributed by atoms with E-state index in [0.29, 0.717) is 56.0 Å². The standard InChI is InChI=1S/C23H32N6O4S/c1-33-19-8-7-16(27-22(32)18-15-29-12-13-34-23(29)28-18)14-17(19)21(31)26-11-5-10-25-20(30)6-3-2-4-9-24/h7-8,12-14,18H,2-6,9-11,15,24H2,1H3,(H,25,30)(H,26,31)(H,27,32). The van der Waals surface area contributed by atoms with Crippen molar-refractivity contribution in [3.8, 4) is 5.75 Å². The summed E-state index contributed by atoms with van der Waals surface area (Å²) in [5.41, 5.74) is 6.26. The zero-order chi connectivity index (χ0) is 24.3. The van der Waals surface area contributed by atoms with E-state index in [1.54, 1.807) is 18.2 Å². The molecule has 0 fully saturated rings. The van der Waals surface area contributed by atoms with Gasteiger partial charge in [0.15, 0.2) is 5.17 Å². The lowest BCUT2D eigenvalue weighted by Crippen LogP contribution is -2.31. The molecule has 1 aromatic carbocycles. The molecule has 184 valence electrons. The van der Waals surface area contributed by atoms with Crippen molar-refractivity contribution >= 4 is 40.3 Å². The van der Waals surface area contributed by atoms with Gasteiger partial charge in [0.25, 0.3) is 11.8 Å². The molecule has 5 N–H and O–H groups in total. The number of amidine groups is 1. The molecule has 0 bridgehead atoms. The maximum Gasteiger partial charge on any atom is 0.255 e. The van der Waals surface area contributed by atoms with Crippen molar-refractivity contribution in [2.45, 2.75) is 38.1 Å². The van der Waals surface area contributed by atoms with Crippen molar-refractivity contribution in [3.63, 3.8) is 0 Å². The van der Waals surface area contributed by atoms with E-state index < -0.39 is 6.04 Å². The van der Waals surface area contributed by atoms with Gasteiger partial charge in [-0.3, -0.25) is 14.4 Å². The zero-order valence-corrected chi connectivity index (χ0v) is 20.2. The Bertz CT molecular complexity index is 951. The van der Waals surface area contributed by atoms with Gasteiger partial charge in [0, 0.05) is 31.4 Å². The molecule has 2 heterocycles. The number of rotatable bonds is 13. The normalized spacial score (nSPS) is 16.1. The minimum atomic E-state index is -0.497. The molecule has 11 heteroatoms. The van der Waals surface area contributed by atoms with Gasteiger partial charge in [-0.1, -0.05) is 18.2 Å². The molecule has 1 atom stereocenters. The molecule has 2 aliphatic rings. The summed E-state index contributed by atoms with van der Waals surface area (Å²) in [4.78, 5) is 43.5. The smallest absolute Gasteiger partial charge is 0.255 e. The van der Waals surface area contributed by atoms with Gasteiger partial charge in [0.05, 0.1) is 19.2 Å². The lowest BCUT2D eigenvalue weighted by atomic mass is 10.1. The number of aliphatic imine (C=N–C) groups is 1. The third-order valence-electron chi connectivity index (χ3n) is 5.38. The summed E-state index contributed by atoms with van der Waals surface area (Å²) in [6.45, 7) is 2.02. The Morgan fingerprint density at radius 2 is 2.00 bits per heavy atom. The molecule has 0 spiro atoms. The number of nitrogens with one attached hydrogen (secondary N) is 3. The van der Waals surface area contributed by atoms with Crippen LogP contribution < -0.4 is 26.4 Å². The fourth-order valence-corrected chi connectivity index (χ4v) is 4.33. The number of fused-ring (bicyclic) bond motifs is 1. The summed E-state index contributed by atoms with van der Waals surface area (Å²) in [6, 6.07) is 4.43. The van der Waals surface area contributed by atoms with Crippen LogP contribution in [0.2, 0.25) is 0 Å². The lowest BCUT2D eigenvalue weighted by Gasteiger charge is -2.14. The van der Waals surface area contributed by atoms with E-state index in [2.05, 4.69) is 20.9 Å². The molecule has 2 aliphatic heterocycles. The fraction of sp³-hybridized carbons (Fsp3) is 0.478. The van der Waals surface area contributed by atoms with Crippen LogP contribution in [0.4, 0.5) is 5.69 Å². The Morgan fingerprint density at radius 1 is 1.18 bits per heavy atom. The number of unbranched alkanes of at least 4 members (excludes halogenated alkanes) is 2. The number of ether oxygens (including phenoxy) is 1. The lowest BCUT2D eigenvalue weighted by molar-refractivity contribution is -0.121. The minimum absolute atomic E-state index is 0.0101. The number of thioether (sulfide) groups is 1. The van der Waals surface area contributed by atoms with Crippen LogP contribution >= 0.6 is 11.8 Å². The number of amides is 3. The maximum atomic E-state index is 12.7. The van der Waals surface area contributed by atoms with Gasteiger partial charge in [-0.15, -0.1) is 0 Å². The molecule has 3 amide bonds. The second-order valence-corrected chi connectivity index (χ2v) is 8.82. The molecule has 0 saturated heterocycles. The average Bonchev–Trinajstić information content (AvgIpc) is 3.44. The quantitative estimate of drug-likeness (QED) is 0.310. The third kappa shape index (κ3) is 7.22. The summed E-state index contributed by atoms with van der Waals surface area (Å²) in [7, 11) is 1.49. The van der Waals surface area contributed by atoms with Crippen LogP contribution in [0.3, 0.4) is 0 Å². The van der Waals surface area contributed by atoms with Crippen molar-refractivity contribution < 1.29 is 19.1 Å². The monoisotopic (exact) mass is 488 g/mol. The highest BCUT2D eigenvalue weighted by molar-refractivity contribution is 8.16. The number of carbonyl (C=O) groups excluding carboxylic acids is 3. The second kappa shape index (κ2) is 13.0. The molecular formula is C23H32N6O4S. The number of benzene rings is 1. The van der Waals surface area contributed by atoms with Crippen LogP contribution in [0.25, 0.3) is 0 Å². The summed E-state index contributed by atoms with van der Waals surface area (Å²) < 4.78 is 5.31. The van der Waals surface area contributed by atoms with Crippen molar-refractivity contribution in [2.24, 2.45) is 10.7 Å². The van der Waals surface area contributed by atoms with E-state index in [9.17, 15) is 14.4 Å². The molecule has 0 aromatic heterocycles. The van der Waals surface area contributed by atoms with Gasteiger partial charge >= 0.3 is 0 Å². The topological polar surface area (TPSA) is 138 Å². The van der Waals surface area contributed by atoms with Crippen LogP contribution in [-0.2, 0) is 9.59 Å². The van der Waals surface area contributed by atoms with Crippen LogP contribution in [0.5, 0.6) is 5.75 Å². The fourth-order valence-electron chi connectivity index (χ4n) is 3.54. The SMILES string of the molecule is COc1ccc(NC(=O)C2CN3C=CSC3=N2)cc1C(=O)NCCCNC(=O)CCCCCN. The predicted molar refractivity (Wildman–Crippen MR) is 134 cm³/mol. The summed E-state index contributed by atoms with van der Waals surface area (Å²) >= 11 is 1.49. The molecule has 0 radical (unpaired) electrons. The highest BCUT2D eigenvalue weighted by Crippen LogP contribution is 2.27. The molecular weight excluding hydrogens is 456 g/mol. The van der Waals surface area contributed by atoms with Gasteiger partial charge < -0.3 is 31.3 Å². The molecule has 1 aromatic rings. The van der Waals surface area contributed by atoms with Gasteiger partial charge in [-0.25, -0.2) is 4.99 Å². The van der Waals surface area contributed by atoms with E-state index in [4.69, 9.17) is 10.5 Å². The highest BCUT2D eigenvalue weighted by atomic mass is 32.2. The van der Waals surface area contributed by atoms with Crippen molar-refractivity contribution in [2.75, 3.05) is 38.6 Å². The Labute approximate surface area is 203 Å². The van der Waals surface area contributed by atoms with Gasteiger partial charge in [0.2, 0.25) is 5.91 Å². The van der Waals surface area contributed by atoms with Gasteiger partial charge in [-0.05, 0) is 49.4 Å². The van der Waals surface area contributed by atoms with E-state index in [1.807, 2.05) is 16.5 Å². The van der Waals surface area contributed by atoms with Crippen molar-refractivity contribution in [1.82, 2.24) is 15.5 Å². The van der Waals surface area contributed by atoms with Crippen molar-refractivity contribution in [3.05, 3.63) is 35.4 Å². The van der Waals surface area contributed by atoms with Crippen molar-refractivity contribution in [1.29, 1.82) is 0 Å². The molecule has 34 heavy (non-hydrogen) atoms. The number of methoxy groups -OCH3 is 1. The van der Waals surface area contributed by atoms with Crippen LogP contribution in [0.15, 0.2) is 34.8 Å². The number of hydrogen-bond donors (Lipinski definition) is 4. The largest absolute Gasteiger partial charge is 0.496 e. The molecule has 0 aliphatic carbocycles. The Balaban J connectivity index is 1.44. The first-order chi connectivity index (χ1) is 16.5. The number of carbonyl (C=O) groups is 3. The summed E-state index contributed by atoms with van der Waals surface area (Å²) in [6.07, 6.45) is 5.70. The highest BCUT2D eigenvalue weighted by Gasteiger charge is 2.31. The average molecular weight is 489 g/mol. The maximum absolute atomic E-state index is 12.7. The van der Waals surface area contributed by atoms with Crippen LogP contribution in [0.1, 0.15) is 42.5 Å². The van der Waals surface area contributed by atoms with Gasteiger partial charge in [0.1, 0.15) is 11.8 Å². The summed E-state index contributed by atoms with van der Waals surface area (Å²) in [5, 5.41) is 11.3. The van der Waals surface area contributed by atoms with E-state index in [0.717, 1.165) is 24.4 Å². The first kappa shape index (κ1) is 25.6. The Kier molecular flexibility index (Phi) is 9.77. The predicted octanol–water partition coefficient (Wildman–Crippen LogP) is 1.65. The van der Waals surface area contributed by atoms with Crippen LogP contribution in [-0.4, -0.2) is 67.1 Å². The summed E-state index contributed by atoms with van der Waals surface area (Å²) in [5.74, 6) is -0.129. The molecule has 10 nitrogen and oxygen atoms in total. The first-order valence-electron chi connectivity index (χ1n) is 11.4. The number of nitrogens with zero attached hydrogens (tertiary/aromatic N) is 2. The number of hydrogen-bond acceptors (Lipinski definition) is 8.